The van der Waals surface area contributed by atoms with Crippen molar-refractivity contribution in [1.29, 1.82) is 0 Å². The summed E-state index contributed by atoms with van der Waals surface area (Å²) in [4.78, 5) is 0. The zero-order valence-corrected chi connectivity index (χ0v) is 24.6. The van der Waals surface area contributed by atoms with Crippen molar-refractivity contribution in [3.05, 3.63) is 0 Å². The van der Waals surface area contributed by atoms with Crippen LogP contribution in [0.4, 0.5) is 0 Å². The van der Waals surface area contributed by atoms with Gasteiger partial charge < -0.3 is 0 Å². The molecule has 0 heterocycles. The summed E-state index contributed by atoms with van der Waals surface area (Å²) in [6.07, 6.45) is 33.6. The van der Waals surface area contributed by atoms with Gasteiger partial charge in [0.2, 0.25) is 0 Å². The van der Waals surface area contributed by atoms with Crippen LogP contribution in [0.5, 0.6) is 0 Å². The van der Waals surface area contributed by atoms with Gasteiger partial charge in [0, 0.05) is 0 Å². The fourth-order valence-electron chi connectivity index (χ4n) is 6.30. The van der Waals surface area contributed by atoms with Crippen molar-refractivity contribution < 1.29 is 0 Å². The molecule has 0 unspecified atom stereocenters. The van der Waals surface area contributed by atoms with Gasteiger partial charge in [-0.05, 0) is 0 Å². The van der Waals surface area contributed by atoms with Crippen LogP contribution in [0.25, 0.3) is 0 Å². The van der Waals surface area contributed by atoms with E-state index in [4.69, 9.17) is 0 Å². The quantitative estimate of drug-likeness (QED) is 0.0970. The summed E-state index contributed by atoms with van der Waals surface area (Å²) in [7, 11) is 0. The molecule has 1 aliphatic rings. The Balaban J connectivity index is 2.56. The summed E-state index contributed by atoms with van der Waals surface area (Å²) in [5, 5.41) is 0. The Morgan fingerprint density at radius 2 is 0.733 bits per heavy atom. The molecule has 1 aliphatic carbocycles. The average Bonchev–Trinajstić information content (AvgIpc) is 3.30. The van der Waals surface area contributed by atoms with Crippen LogP contribution in [0.15, 0.2) is 0 Å². The summed E-state index contributed by atoms with van der Waals surface area (Å²) in [5.41, 5.74) is 0. The molecule has 0 bridgehead atoms. The molecule has 0 N–H and O–H groups in total. The Bertz CT molecular complexity index is 303. The third kappa shape index (κ3) is 13.4. The van der Waals surface area contributed by atoms with Crippen molar-refractivity contribution in [1.82, 2.24) is 0 Å². The normalized spacial score (nSPS) is 15.3. The van der Waals surface area contributed by atoms with Crippen LogP contribution in [0.2, 0.25) is 17.2 Å². The Morgan fingerprint density at radius 1 is 0.433 bits per heavy atom. The molecule has 1 fully saturated rings. The monoisotopic (exact) mass is 528 g/mol. The minimum absolute atomic E-state index is 1.28. The van der Waals surface area contributed by atoms with Crippen molar-refractivity contribution in [2.45, 2.75) is 179 Å². The van der Waals surface area contributed by atoms with E-state index < -0.39 is 18.4 Å². The molecule has 1 saturated carbocycles. The SMILES string of the molecule is CCCCCCC[CH2][Sn]([CH2]CCCCCCC)([CH2]CCCCCCC)[CH]1CCCC1. The van der Waals surface area contributed by atoms with Crippen molar-refractivity contribution in [2.75, 3.05) is 0 Å². The predicted octanol–water partition coefficient (Wildman–Crippen LogP) is 11.5. The third-order valence-corrected chi connectivity index (χ3v) is 26.5. The van der Waals surface area contributed by atoms with Gasteiger partial charge in [-0.2, -0.15) is 0 Å². The van der Waals surface area contributed by atoms with Gasteiger partial charge in [-0.1, -0.05) is 0 Å². The maximum absolute atomic E-state index is 2.35. The number of hydrogen-bond acceptors (Lipinski definition) is 0. The van der Waals surface area contributed by atoms with Gasteiger partial charge >= 0.3 is 198 Å². The van der Waals surface area contributed by atoms with Gasteiger partial charge in [-0.15, -0.1) is 0 Å². The molecule has 0 radical (unpaired) electrons. The van der Waals surface area contributed by atoms with Crippen molar-refractivity contribution in [2.24, 2.45) is 0 Å². The summed E-state index contributed by atoms with van der Waals surface area (Å²) in [6, 6.07) is 0. The molecular weight excluding hydrogens is 467 g/mol. The molecular formula is C29H60Sn. The van der Waals surface area contributed by atoms with E-state index in [9.17, 15) is 0 Å². The first kappa shape index (κ1) is 28.8. The van der Waals surface area contributed by atoms with Crippen LogP contribution in [0.1, 0.15) is 162 Å². The molecule has 1 rings (SSSR count). The maximum atomic E-state index is 2.35. The van der Waals surface area contributed by atoms with Crippen LogP contribution < -0.4 is 0 Å². The molecule has 0 aromatic carbocycles. The molecule has 1 heteroatoms. The van der Waals surface area contributed by atoms with Gasteiger partial charge in [0.15, 0.2) is 0 Å². The molecule has 0 atom stereocenters. The second-order valence-corrected chi connectivity index (χ2v) is 25.3. The third-order valence-electron chi connectivity index (χ3n) is 8.31. The van der Waals surface area contributed by atoms with Gasteiger partial charge in [0.1, 0.15) is 0 Å². The second-order valence-electron chi connectivity index (χ2n) is 10.9. The van der Waals surface area contributed by atoms with Crippen LogP contribution in [-0.2, 0) is 0 Å². The summed E-state index contributed by atoms with van der Waals surface area (Å²) in [6.45, 7) is 7.05. The number of rotatable bonds is 22. The molecule has 180 valence electrons. The van der Waals surface area contributed by atoms with E-state index in [0.717, 1.165) is 0 Å². The summed E-state index contributed by atoms with van der Waals surface area (Å²) in [5.74, 6) is 0. The summed E-state index contributed by atoms with van der Waals surface area (Å²) < 4.78 is 6.60. The van der Waals surface area contributed by atoms with Gasteiger partial charge in [-0.3, -0.25) is 0 Å². The predicted molar refractivity (Wildman–Crippen MR) is 143 cm³/mol. The zero-order chi connectivity index (χ0) is 21.8. The molecule has 0 spiro atoms. The molecule has 0 aromatic heterocycles. The molecule has 0 nitrogen and oxygen atoms in total. The van der Waals surface area contributed by atoms with E-state index in [1.165, 1.54) is 81.0 Å². The van der Waals surface area contributed by atoms with Crippen molar-refractivity contribution >= 4 is 18.4 Å². The topological polar surface area (TPSA) is 0 Å². The molecule has 0 amide bonds. The van der Waals surface area contributed by atoms with Gasteiger partial charge in [0.05, 0.1) is 0 Å². The van der Waals surface area contributed by atoms with Crippen LogP contribution in [0, 0.1) is 0 Å². The second kappa shape index (κ2) is 20.4. The molecule has 0 aliphatic heterocycles. The average molecular weight is 528 g/mol. The van der Waals surface area contributed by atoms with Gasteiger partial charge in [-0.25, -0.2) is 0 Å². The number of unbranched alkanes of at least 4 members (excludes halogenated alkanes) is 15. The van der Waals surface area contributed by atoms with E-state index in [0.29, 0.717) is 0 Å². The Morgan fingerprint density at radius 3 is 1.07 bits per heavy atom. The Hall–Kier alpha value is 0.799. The van der Waals surface area contributed by atoms with E-state index in [2.05, 4.69) is 20.8 Å². The first-order chi connectivity index (χ1) is 14.8. The molecule has 0 aromatic rings. The Labute approximate surface area is 197 Å². The fourth-order valence-corrected chi connectivity index (χ4v) is 24.8. The molecule has 0 saturated heterocycles. The first-order valence-corrected chi connectivity index (χ1v) is 22.5. The zero-order valence-electron chi connectivity index (χ0n) is 21.8. The van der Waals surface area contributed by atoms with Crippen molar-refractivity contribution in [3.63, 3.8) is 0 Å². The Kier molecular flexibility index (Phi) is 19.6. The summed E-state index contributed by atoms with van der Waals surface area (Å²) >= 11 is -1.98. The minimum atomic E-state index is -1.98. The van der Waals surface area contributed by atoms with E-state index >= 15 is 0 Å². The van der Waals surface area contributed by atoms with Crippen LogP contribution in [0.3, 0.4) is 0 Å². The van der Waals surface area contributed by atoms with Crippen molar-refractivity contribution in [3.8, 4) is 0 Å². The van der Waals surface area contributed by atoms with Crippen LogP contribution >= 0.6 is 0 Å². The number of hydrogen-bond donors (Lipinski definition) is 0. The van der Waals surface area contributed by atoms with E-state index in [1.807, 2.05) is 0 Å². The van der Waals surface area contributed by atoms with E-state index in [-0.39, 0.29) is 0 Å². The fraction of sp³-hybridized carbons (Fsp3) is 1.00. The van der Waals surface area contributed by atoms with E-state index in [1.54, 1.807) is 77.5 Å². The first-order valence-electron chi connectivity index (χ1n) is 14.8. The standard InChI is InChI=1S/3C8H17.C5H9.Sn/c3*1-3-5-7-8-6-4-2;1-2-4-5-3-1;/h3*1,3-8H2,2H3;1H,2-5H2;. The molecule has 30 heavy (non-hydrogen) atoms. The van der Waals surface area contributed by atoms with Gasteiger partial charge in [0.25, 0.3) is 0 Å². The van der Waals surface area contributed by atoms with Crippen LogP contribution in [-0.4, -0.2) is 18.4 Å².